The first-order chi connectivity index (χ1) is 20.0. The van der Waals surface area contributed by atoms with Gasteiger partial charge in [-0.1, -0.05) is 26.0 Å². The standard InChI is InChI=1S/C30H29F2N5O4S/c1-5-15(2)17-6-8-18(9-7-17)40-14-19-10-11-23(41-19)29(39)35-25-24-20(21-13-37(4)36-16(21)3)12-22(27(31)32)34-30(24)42-26(25)28(33)38/h6-13,15,27H,5,14H2,1-4H3,(H2,33,38)(H,35,39). The molecule has 42 heavy (non-hydrogen) atoms. The van der Waals surface area contributed by atoms with Crippen LogP contribution in [0.1, 0.15) is 75.5 Å². The van der Waals surface area contributed by atoms with Crippen molar-refractivity contribution in [1.29, 1.82) is 0 Å². The fourth-order valence-electron chi connectivity index (χ4n) is 4.63. The molecule has 1 atom stereocenters. The fraction of sp³-hybridized carbons (Fsp3) is 0.267. The number of primary amides is 1. The Balaban J connectivity index is 1.44. The number of ether oxygens (including phenoxy) is 1. The molecule has 0 aliphatic rings. The van der Waals surface area contributed by atoms with E-state index in [0.29, 0.717) is 39.6 Å². The summed E-state index contributed by atoms with van der Waals surface area (Å²) in [6, 6.07) is 12.2. The Kier molecular flexibility index (Phi) is 8.08. The van der Waals surface area contributed by atoms with Crippen molar-refractivity contribution < 1.29 is 27.5 Å². The van der Waals surface area contributed by atoms with E-state index in [4.69, 9.17) is 14.9 Å². The number of hydrogen-bond acceptors (Lipinski definition) is 7. The second kappa shape index (κ2) is 11.7. The number of alkyl halides is 2. The van der Waals surface area contributed by atoms with Gasteiger partial charge in [-0.2, -0.15) is 5.10 Å². The van der Waals surface area contributed by atoms with E-state index in [2.05, 4.69) is 29.2 Å². The summed E-state index contributed by atoms with van der Waals surface area (Å²) in [5.74, 6) is -0.0127. The van der Waals surface area contributed by atoms with E-state index in [1.54, 1.807) is 30.9 Å². The number of fused-ring (bicyclic) bond motifs is 1. The minimum Gasteiger partial charge on any atom is -0.486 e. The van der Waals surface area contributed by atoms with Gasteiger partial charge in [-0.25, -0.2) is 13.8 Å². The SMILES string of the molecule is CCC(C)c1ccc(OCc2ccc(C(=O)Nc3c(C(N)=O)sc4nc(C(F)F)cc(-c5cn(C)nc5C)c34)o2)cc1. The third-order valence-electron chi connectivity index (χ3n) is 7.00. The Bertz CT molecular complexity index is 1770. The lowest BCUT2D eigenvalue weighted by atomic mass is 9.99. The smallest absolute Gasteiger partial charge is 0.291 e. The number of anilines is 1. The minimum absolute atomic E-state index is 0.0315. The number of halogens is 2. The number of thiophene rings is 1. The third-order valence-corrected chi connectivity index (χ3v) is 8.10. The molecule has 1 aromatic carbocycles. The summed E-state index contributed by atoms with van der Waals surface area (Å²) >= 11 is 0.826. The maximum atomic E-state index is 13.8. The van der Waals surface area contributed by atoms with Gasteiger partial charge in [0.15, 0.2) is 5.76 Å². The van der Waals surface area contributed by atoms with Crippen molar-refractivity contribution in [2.24, 2.45) is 12.8 Å². The molecule has 12 heteroatoms. The average Bonchev–Trinajstić information content (AvgIpc) is 3.68. The van der Waals surface area contributed by atoms with Crippen LogP contribution >= 0.6 is 11.3 Å². The number of pyridine rings is 1. The molecule has 0 fully saturated rings. The van der Waals surface area contributed by atoms with Gasteiger partial charge in [-0.15, -0.1) is 11.3 Å². The van der Waals surface area contributed by atoms with Crippen LogP contribution in [0.25, 0.3) is 21.3 Å². The van der Waals surface area contributed by atoms with E-state index in [0.717, 1.165) is 17.8 Å². The van der Waals surface area contributed by atoms with Gasteiger partial charge in [-0.3, -0.25) is 14.3 Å². The van der Waals surface area contributed by atoms with Gasteiger partial charge >= 0.3 is 0 Å². The summed E-state index contributed by atoms with van der Waals surface area (Å²) in [7, 11) is 1.70. The predicted octanol–water partition coefficient (Wildman–Crippen LogP) is 6.98. The van der Waals surface area contributed by atoms with E-state index in [1.807, 2.05) is 24.3 Å². The van der Waals surface area contributed by atoms with Gasteiger partial charge < -0.3 is 20.2 Å². The Morgan fingerprint density at radius 3 is 2.52 bits per heavy atom. The zero-order valence-electron chi connectivity index (χ0n) is 23.4. The maximum Gasteiger partial charge on any atom is 0.291 e. The number of nitrogens with zero attached hydrogens (tertiary/aromatic N) is 3. The molecule has 0 aliphatic heterocycles. The van der Waals surface area contributed by atoms with Gasteiger partial charge in [0.05, 0.1) is 11.4 Å². The first-order valence-corrected chi connectivity index (χ1v) is 14.1. The van der Waals surface area contributed by atoms with Crippen LogP contribution in [-0.4, -0.2) is 26.6 Å². The van der Waals surface area contributed by atoms with Gasteiger partial charge in [0.25, 0.3) is 18.2 Å². The lowest BCUT2D eigenvalue weighted by molar-refractivity contribution is 0.0992. The zero-order valence-corrected chi connectivity index (χ0v) is 24.2. The number of furan rings is 1. The molecule has 0 radical (unpaired) electrons. The molecule has 0 bridgehead atoms. The Morgan fingerprint density at radius 1 is 1.17 bits per heavy atom. The summed E-state index contributed by atoms with van der Waals surface area (Å²) in [6.07, 6.45) is -0.149. The third kappa shape index (κ3) is 5.75. The van der Waals surface area contributed by atoms with Crippen molar-refractivity contribution >= 4 is 39.1 Å². The molecule has 3 N–H and O–H groups in total. The van der Waals surface area contributed by atoms with E-state index >= 15 is 0 Å². The largest absolute Gasteiger partial charge is 0.486 e. The predicted molar refractivity (Wildman–Crippen MR) is 156 cm³/mol. The number of nitrogens with one attached hydrogen (secondary N) is 1. The molecular formula is C30H29F2N5O4S. The van der Waals surface area contributed by atoms with Crippen molar-refractivity contribution in [3.63, 3.8) is 0 Å². The van der Waals surface area contributed by atoms with Crippen molar-refractivity contribution in [1.82, 2.24) is 14.8 Å². The minimum atomic E-state index is -2.86. The molecule has 9 nitrogen and oxygen atoms in total. The number of carbonyl (C=O) groups is 2. The van der Waals surface area contributed by atoms with E-state index in [-0.39, 0.29) is 27.8 Å². The molecule has 218 valence electrons. The summed E-state index contributed by atoms with van der Waals surface area (Å²) in [4.78, 5) is 29.8. The summed E-state index contributed by atoms with van der Waals surface area (Å²) < 4.78 is 40.6. The molecule has 0 spiro atoms. The Hall–Kier alpha value is -4.58. The number of amides is 2. The molecule has 0 aliphatic carbocycles. The topological polar surface area (TPSA) is 125 Å². The van der Waals surface area contributed by atoms with Crippen molar-refractivity contribution in [3.05, 3.63) is 82.0 Å². The molecule has 5 aromatic rings. The van der Waals surface area contributed by atoms with Crippen molar-refractivity contribution in [2.45, 2.75) is 46.1 Å². The first kappa shape index (κ1) is 28.9. The van der Waals surface area contributed by atoms with Gasteiger partial charge in [-0.05, 0) is 60.7 Å². The van der Waals surface area contributed by atoms with Gasteiger partial charge in [0.2, 0.25) is 0 Å². The molecule has 1 unspecified atom stereocenters. The number of rotatable bonds is 10. The summed E-state index contributed by atoms with van der Waals surface area (Å²) in [6.45, 7) is 6.12. The van der Waals surface area contributed by atoms with Crippen LogP contribution in [0.5, 0.6) is 5.75 Å². The molecule has 4 heterocycles. The second-order valence-corrected chi connectivity index (χ2v) is 10.9. The molecular weight excluding hydrogens is 564 g/mol. The fourth-order valence-corrected chi connectivity index (χ4v) is 5.65. The van der Waals surface area contributed by atoms with Crippen LogP contribution in [0, 0.1) is 6.92 Å². The molecule has 5 rings (SSSR count). The quantitative estimate of drug-likeness (QED) is 0.180. The highest BCUT2D eigenvalue weighted by Gasteiger charge is 2.27. The monoisotopic (exact) mass is 593 g/mol. The lowest BCUT2D eigenvalue weighted by Gasteiger charge is -2.10. The van der Waals surface area contributed by atoms with Crippen LogP contribution in [0.2, 0.25) is 0 Å². The van der Waals surface area contributed by atoms with E-state index in [1.165, 1.54) is 17.7 Å². The number of aryl methyl sites for hydroxylation is 2. The zero-order chi connectivity index (χ0) is 30.1. The van der Waals surface area contributed by atoms with Crippen LogP contribution in [0.3, 0.4) is 0 Å². The van der Waals surface area contributed by atoms with Crippen molar-refractivity contribution in [3.8, 4) is 16.9 Å². The van der Waals surface area contributed by atoms with Crippen LogP contribution in [0.4, 0.5) is 14.5 Å². The highest BCUT2D eigenvalue weighted by Crippen LogP contribution is 2.43. The average molecular weight is 594 g/mol. The first-order valence-electron chi connectivity index (χ1n) is 13.2. The number of carbonyl (C=O) groups excluding carboxylic acids is 2. The lowest BCUT2D eigenvalue weighted by Crippen LogP contribution is -2.16. The van der Waals surface area contributed by atoms with Crippen LogP contribution in [0.15, 0.2) is 53.1 Å². The van der Waals surface area contributed by atoms with E-state index < -0.39 is 23.9 Å². The summed E-state index contributed by atoms with van der Waals surface area (Å²) in [5.41, 5.74) is 7.91. The molecule has 0 saturated carbocycles. The number of aromatic nitrogens is 3. The van der Waals surface area contributed by atoms with Gasteiger partial charge in [0.1, 0.15) is 33.5 Å². The van der Waals surface area contributed by atoms with Crippen LogP contribution < -0.4 is 15.8 Å². The van der Waals surface area contributed by atoms with Crippen LogP contribution in [-0.2, 0) is 13.7 Å². The maximum absolute atomic E-state index is 13.8. The highest BCUT2D eigenvalue weighted by atomic mass is 32.1. The van der Waals surface area contributed by atoms with Crippen molar-refractivity contribution in [2.75, 3.05) is 5.32 Å². The highest BCUT2D eigenvalue weighted by molar-refractivity contribution is 7.21. The molecule has 0 saturated heterocycles. The van der Waals surface area contributed by atoms with Gasteiger partial charge in [0, 0.05) is 24.2 Å². The Labute approximate surface area is 244 Å². The molecule has 4 aromatic heterocycles. The molecule has 2 amide bonds. The summed E-state index contributed by atoms with van der Waals surface area (Å²) in [5, 5.41) is 7.32. The van der Waals surface area contributed by atoms with E-state index in [9.17, 15) is 18.4 Å². The second-order valence-electron chi connectivity index (χ2n) is 9.93. The number of benzene rings is 1. The Morgan fingerprint density at radius 2 is 1.90 bits per heavy atom. The number of nitrogens with two attached hydrogens (primary N) is 1. The number of hydrogen-bond donors (Lipinski definition) is 2. The normalized spacial score (nSPS) is 12.2.